The van der Waals surface area contributed by atoms with E-state index in [2.05, 4.69) is 52.3 Å². The van der Waals surface area contributed by atoms with Gasteiger partial charge in [0.05, 0.1) is 10.9 Å². The lowest BCUT2D eigenvalue weighted by Gasteiger charge is -2.46. The van der Waals surface area contributed by atoms with Gasteiger partial charge in [0.2, 0.25) is 11.8 Å². The van der Waals surface area contributed by atoms with E-state index in [0.717, 1.165) is 16.7 Å². The van der Waals surface area contributed by atoms with E-state index in [0.29, 0.717) is 0 Å². The van der Waals surface area contributed by atoms with Gasteiger partial charge in [0, 0.05) is 6.92 Å². The van der Waals surface area contributed by atoms with Gasteiger partial charge in [-0.1, -0.05) is 91.0 Å². The van der Waals surface area contributed by atoms with E-state index >= 15 is 0 Å². The Hall–Kier alpha value is -3.09. The summed E-state index contributed by atoms with van der Waals surface area (Å²) in [5, 5.41) is 9.30. The molecule has 164 valence electrons. The lowest BCUT2D eigenvalue weighted by atomic mass is 9.76. The Balaban J connectivity index is 1.78. The van der Waals surface area contributed by atoms with Crippen molar-refractivity contribution in [3.63, 3.8) is 0 Å². The average molecular weight is 446 g/mol. The van der Waals surface area contributed by atoms with Crippen LogP contribution < -0.4 is 16.0 Å². The molecule has 1 aliphatic rings. The summed E-state index contributed by atoms with van der Waals surface area (Å²) in [7, 11) is 0. The molecule has 0 saturated carbocycles. The van der Waals surface area contributed by atoms with Crippen LogP contribution in [-0.2, 0) is 15.1 Å². The number of carbonyl (C=O) groups is 2. The molecule has 1 unspecified atom stereocenters. The number of benzene rings is 3. The van der Waals surface area contributed by atoms with E-state index in [1.54, 1.807) is 0 Å². The minimum Gasteiger partial charge on any atom is -0.345 e. The van der Waals surface area contributed by atoms with Crippen molar-refractivity contribution in [2.75, 3.05) is 0 Å². The van der Waals surface area contributed by atoms with E-state index < -0.39 is 11.6 Å². The van der Waals surface area contributed by atoms with Crippen LogP contribution in [-0.4, -0.2) is 28.6 Å². The smallest absolute Gasteiger partial charge is 0.241 e. The van der Waals surface area contributed by atoms with Crippen molar-refractivity contribution < 1.29 is 9.59 Å². The zero-order chi connectivity index (χ0) is 22.6. The van der Waals surface area contributed by atoms with Gasteiger partial charge < -0.3 is 10.6 Å². The number of nitrogens with one attached hydrogen (secondary N) is 3. The average Bonchev–Trinajstić information content (AvgIpc) is 2.81. The third-order valence-corrected chi connectivity index (χ3v) is 6.83. The molecule has 0 radical (unpaired) electrons. The first kappa shape index (κ1) is 22.1. The van der Waals surface area contributed by atoms with Crippen molar-refractivity contribution >= 4 is 23.6 Å². The van der Waals surface area contributed by atoms with Gasteiger partial charge in [0.15, 0.2) is 0 Å². The van der Waals surface area contributed by atoms with Crippen LogP contribution in [0.5, 0.6) is 0 Å². The highest BCUT2D eigenvalue weighted by molar-refractivity contribution is 8.00. The topological polar surface area (TPSA) is 70.2 Å². The summed E-state index contributed by atoms with van der Waals surface area (Å²) in [6, 6.07) is 30.2. The van der Waals surface area contributed by atoms with Gasteiger partial charge in [-0.25, -0.2) is 0 Å². The molecule has 5 nitrogen and oxygen atoms in total. The fourth-order valence-electron chi connectivity index (χ4n) is 4.20. The van der Waals surface area contributed by atoms with Gasteiger partial charge in [0.1, 0.15) is 11.4 Å². The number of amides is 2. The SMILES string of the molecule is CC(=O)NC(C)S[C@H]1NC(=O)[C@H]1NC(c1ccccc1)(c1ccccc1)c1ccccc1. The molecule has 4 rings (SSSR count). The second-order valence-corrected chi connectivity index (χ2v) is 9.37. The molecule has 0 bridgehead atoms. The van der Waals surface area contributed by atoms with Crippen LogP contribution in [0.25, 0.3) is 0 Å². The van der Waals surface area contributed by atoms with Gasteiger partial charge in [0.25, 0.3) is 0 Å². The third-order valence-electron chi connectivity index (χ3n) is 5.62. The molecule has 1 fully saturated rings. The Bertz CT molecular complexity index is 964. The first-order valence-corrected chi connectivity index (χ1v) is 11.6. The van der Waals surface area contributed by atoms with Crippen molar-refractivity contribution in [2.45, 2.75) is 36.2 Å². The molecule has 1 saturated heterocycles. The Kier molecular flexibility index (Phi) is 6.63. The zero-order valence-electron chi connectivity index (χ0n) is 18.1. The molecule has 3 aromatic carbocycles. The van der Waals surface area contributed by atoms with Crippen LogP contribution in [0.1, 0.15) is 30.5 Å². The molecule has 1 aliphatic heterocycles. The van der Waals surface area contributed by atoms with Gasteiger partial charge in [-0.2, -0.15) is 0 Å². The van der Waals surface area contributed by atoms with Crippen LogP contribution in [0.2, 0.25) is 0 Å². The number of β-lactam (4-membered cyclic amide) rings is 1. The second kappa shape index (κ2) is 9.59. The maximum Gasteiger partial charge on any atom is 0.241 e. The number of carbonyl (C=O) groups excluding carboxylic acids is 2. The molecule has 3 aromatic rings. The molecule has 0 spiro atoms. The summed E-state index contributed by atoms with van der Waals surface area (Å²) in [6.07, 6.45) is 0. The largest absolute Gasteiger partial charge is 0.345 e. The molecular weight excluding hydrogens is 418 g/mol. The first-order valence-electron chi connectivity index (χ1n) is 10.7. The number of thioether (sulfide) groups is 1. The Morgan fingerprint density at radius 2 is 1.31 bits per heavy atom. The molecular formula is C26H27N3O2S. The van der Waals surface area contributed by atoms with Gasteiger partial charge in [-0.15, -0.1) is 11.8 Å². The summed E-state index contributed by atoms with van der Waals surface area (Å²) in [6.45, 7) is 3.42. The minimum absolute atomic E-state index is 0.0512. The normalized spacial score (nSPS) is 18.9. The van der Waals surface area contributed by atoms with Crippen molar-refractivity contribution in [1.29, 1.82) is 0 Å². The fourth-order valence-corrected chi connectivity index (χ4v) is 5.40. The highest BCUT2D eigenvalue weighted by Gasteiger charge is 2.47. The third kappa shape index (κ3) is 4.42. The molecule has 1 heterocycles. The predicted octanol–water partition coefficient (Wildman–Crippen LogP) is 3.61. The lowest BCUT2D eigenvalue weighted by molar-refractivity contribution is -0.129. The van der Waals surface area contributed by atoms with Gasteiger partial charge in [-0.3, -0.25) is 14.9 Å². The van der Waals surface area contributed by atoms with Crippen molar-refractivity contribution in [1.82, 2.24) is 16.0 Å². The van der Waals surface area contributed by atoms with E-state index in [-0.39, 0.29) is 22.6 Å². The van der Waals surface area contributed by atoms with Crippen molar-refractivity contribution in [3.8, 4) is 0 Å². The molecule has 0 aliphatic carbocycles. The summed E-state index contributed by atoms with van der Waals surface area (Å²) >= 11 is 1.53. The van der Waals surface area contributed by atoms with Crippen LogP contribution in [0.3, 0.4) is 0 Å². The van der Waals surface area contributed by atoms with Crippen LogP contribution in [0, 0.1) is 0 Å². The molecule has 32 heavy (non-hydrogen) atoms. The second-order valence-electron chi connectivity index (χ2n) is 7.88. The predicted molar refractivity (Wildman–Crippen MR) is 129 cm³/mol. The van der Waals surface area contributed by atoms with Crippen LogP contribution in [0.4, 0.5) is 0 Å². The Morgan fingerprint density at radius 3 is 1.69 bits per heavy atom. The standard InChI is InChI=1S/C26H27N3O2S/c1-18(30)27-19(2)32-25-23(24(31)28-25)29-26(20-12-6-3-7-13-20,21-14-8-4-9-15-21)22-16-10-5-11-17-22/h3-17,19,23,25,29H,1-2H3,(H,27,30)(H,28,31)/t19?,23-,25-/m1/s1. The van der Waals surface area contributed by atoms with Crippen LogP contribution in [0.15, 0.2) is 91.0 Å². The molecule has 3 atom stereocenters. The van der Waals surface area contributed by atoms with E-state index in [1.807, 2.05) is 61.5 Å². The summed E-state index contributed by atoms with van der Waals surface area (Å²) in [5.41, 5.74) is 2.43. The fraction of sp³-hybridized carbons (Fsp3) is 0.231. The maximum absolute atomic E-state index is 12.7. The zero-order valence-corrected chi connectivity index (χ0v) is 18.9. The Labute approximate surface area is 193 Å². The number of hydrogen-bond donors (Lipinski definition) is 3. The molecule has 6 heteroatoms. The molecule has 3 N–H and O–H groups in total. The van der Waals surface area contributed by atoms with Gasteiger partial charge in [-0.05, 0) is 23.6 Å². The summed E-state index contributed by atoms with van der Waals surface area (Å²) in [5.74, 6) is -0.142. The number of rotatable bonds is 8. The van der Waals surface area contributed by atoms with Crippen LogP contribution >= 0.6 is 11.8 Å². The van der Waals surface area contributed by atoms with Crippen molar-refractivity contribution in [2.24, 2.45) is 0 Å². The maximum atomic E-state index is 12.7. The molecule has 0 aromatic heterocycles. The van der Waals surface area contributed by atoms with E-state index in [4.69, 9.17) is 0 Å². The quantitative estimate of drug-likeness (QED) is 0.281. The first-order chi connectivity index (χ1) is 15.5. The Morgan fingerprint density at radius 1 is 0.875 bits per heavy atom. The van der Waals surface area contributed by atoms with Gasteiger partial charge >= 0.3 is 0 Å². The van der Waals surface area contributed by atoms with E-state index in [1.165, 1.54) is 18.7 Å². The summed E-state index contributed by atoms with van der Waals surface area (Å²) < 4.78 is 0. The van der Waals surface area contributed by atoms with Crippen molar-refractivity contribution in [3.05, 3.63) is 108 Å². The highest BCUT2D eigenvalue weighted by Crippen LogP contribution is 2.39. The lowest BCUT2D eigenvalue weighted by Crippen LogP contribution is -2.71. The number of hydrogen-bond acceptors (Lipinski definition) is 4. The monoisotopic (exact) mass is 445 g/mol. The highest BCUT2D eigenvalue weighted by atomic mass is 32.2. The minimum atomic E-state index is -0.720. The van der Waals surface area contributed by atoms with E-state index in [9.17, 15) is 9.59 Å². The summed E-state index contributed by atoms with van der Waals surface area (Å²) in [4.78, 5) is 24.2. The molecule has 2 amide bonds.